The summed E-state index contributed by atoms with van der Waals surface area (Å²) in [5.74, 6) is -0.221. The number of carbonyl (C=O) groups is 3. The van der Waals surface area contributed by atoms with E-state index < -0.39 is 17.7 Å². The second kappa shape index (κ2) is 19.3. The summed E-state index contributed by atoms with van der Waals surface area (Å²) < 4.78 is 11.0. The number of benzene rings is 2. The fraction of sp³-hybridized carbons (Fsp3) is 0.514. The molecule has 1 saturated heterocycles. The molecular weight excluding hydrogens is 641 g/mol. The quantitative estimate of drug-likeness (QED) is 0.193. The van der Waals surface area contributed by atoms with Crippen LogP contribution >= 0.6 is 11.3 Å². The molecule has 1 aromatic heterocycles. The van der Waals surface area contributed by atoms with Crippen LogP contribution in [-0.4, -0.2) is 96.4 Å². The van der Waals surface area contributed by atoms with Gasteiger partial charge in [0.1, 0.15) is 12.6 Å². The van der Waals surface area contributed by atoms with Crippen LogP contribution < -0.4 is 16.0 Å². The normalized spacial score (nSPS) is 15.4. The molecule has 3 atom stereocenters. The highest BCUT2D eigenvalue weighted by Crippen LogP contribution is 2.16. The number of rotatable bonds is 16. The van der Waals surface area contributed by atoms with E-state index >= 15 is 0 Å². The molecule has 0 unspecified atom stereocenters. The molecule has 4 rings (SSSR count). The first kappa shape index (κ1) is 37.8. The van der Waals surface area contributed by atoms with Crippen molar-refractivity contribution in [1.29, 1.82) is 0 Å². The lowest BCUT2D eigenvalue weighted by Crippen LogP contribution is -2.56. The molecule has 0 bridgehead atoms. The van der Waals surface area contributed by atoms with Gasteiger partial charge in [-0.05, 0) is 64.0 Å². The minimum absolute atomic E-state index is 0.156. The lowest BCUT2D eigenvalue weighted by Gasteiger charge is -2.34. The fourth-order valence-electron chi connectivity index (χ4n) is 5.57. The number of hydrogen-bond acceptors (Lipinski definition) is 8. The van der Waals surface area contributed by atoms with Gasteiger partial charge in [0.15, 0.2) is 0 Å². The number of alkyl carbamates (subject to hydrolysis) is 1. The van der Waals surface area contributed by atoms with E-state index in [0.717, 1.165) is 29.1 Å². The molecule has 11 nitrogen and oxygen atoms in total. The maximum absolute atomic E-state index is 14.1. The third-order valence-electron chi connectivity index (χ3n) is 8.77. The molecule has 1 aliphatic rings. The highest BCUT2D eigenvalue weighted by molar-refractivity contribution is 7.09. The Bertz CT molecular complexity index is 1410. The summed E-state index contributed by atoms with van der Waals surface area (Å²) in [6.45, 7) is 9.60. The molecule has 0 radical (unpaired) electrons. The average Bonchev–Trinajstić information content (AvgIpc) is 3.62. The summed E-state index contributed by atoms with van der Waals surface area (Å²) in [5.41, 5.74) is 3.48. The highest BCUT2D eigenvalue weighted by Gasteiger charge is 2.29. The number of morpholine rings is 1. The fourth-order valence-corrected chi connectivity index (χ4v) is 6.07. The highest BCUT2D eigenvalue weighted by atomic mass is 32.1. The third-order valence-corrected chi connectivity index (χ3v) is 9.53. The zero-order valence-corrected chi connectivity index (χ0v) is 30.0. The van der Waals surface area contributed by atoms with Gasteiger partial charge in [-0.25, -0.2) is 9.59 Å². The van der Waals surface area contributed by atoms with Crippen LogP contribution in [0.15, 0.2) is 72.4 Å². The number of hydrogen-bond donors (Lipinski definition) is 3. The molecule has 0 aliphatic carbocycles. The van der Waals surface area contributed by atoms with Gasteiger partial charge in [0.25, 0.3) is 0 Å². The summed E-state index contributed by atoms with van der Waals surface area (Å²) in [6, 6.07) is 18.6. The Morgan fingerprint density at radius 3 is 2.04 bits per heavy atom. The first-order chi connectivity index (χ1) is 23.6. The van der Waals surface area contributed by atoms with Crippen LogP contribution in [0.5, 0.6) is 0 Å². The van der Waals surface area contributed by atoms with Crippen LogP contribution in [0.25, 0.3) is 0 Å². The summed E-state index contributed by atoms with van der Waals surface area (Å²) in [7, 11) is 1.74. The van der Waals surface area contributed by atoms with Gasteiger partial charge in [0, 0.05) is 50.5 Å². The molecule has 12 heteroatoms. The van der Waals surface area contributed by atoms with Gasteiger partial charge in [-0.15, -0.1) is 11.3 Å². The van der Waals surface area contributed by atoms with Gasteiger partial charge in [-0.2, -0.15) is 0 Å². The topological polar surface area (TPSA) is 125 Å². The number of thiazole rings is 1. The molecule has 49 heavy (non-hydrogen) atoms. The van der Waals surface area contributed by atoms with Gasteiger partial charge in [0.05, 0.1) is 23.6 Å². The molecule has 3 N–H and O–H groups in total. The minimum Gasteiger partial charge on any atom is -0.444 e. The molecule has 1 aliphatic heterocycles. The van der Waals surface area contributed by atoms with Gasteiger partial charge < -0.3 is 30.3 Å². The van der Waals surface area contributed by atoms with Gasteiger partial charge in [-0.3, -0.25) is 14.7 Å². The van der Waals surface area contributed by atoms with Crippen LogP contribution in [0.4, 0.5) is 9.59 Å². The zero-order chi connectivity index (χ0) is 35.1. The number of nitrogens with zero attached hydrogens (tertiary/aromatic N) is 3. The first-order valence-corrected chi connectivity index (χ1v) is 18.0. The summed E-state index contributed by atoms with van der Waals surface area (Å²) in [4.78, 5) is 49.0. The predicted molar refractivity (Wildman–Crippen MR) is 192 cm³/mol. The zero-order valence-electron chi connectivity index (χ0n) is 29.2. The number of nitrogens with one attached hydrogen (secondary N) is 3. The van der Waals surface area contributed by atoms with Gasteiger partial charge in [0.2, 0.25) is 5.91 Å². The van der Waals surface area contributed by atoms with Crippen molar-refractivity contribution in [1.82, 2.24) is 30.7 Å². The molecule has 2 heterocycles. The van der Waals surface area contributed by atoms with Crippen molar-refractivity contribution in [3.05, 3.63) is 88.4 Å². The van der Waals surface area contributed by atoms with Gasteiger partial charge >= 0.3 is 12.1 Å². The third kappa shape index (κ3) is 13.4. The SMILES string of the molecule is CN(C(=O)N[C@@H](CCN1CCOCC1)C(=O)N[C@H](CC[C@H](Cc1ccccc1)NC(=O)OCc1cncs1)Cc1ccccc1)C(C)(C)C. The summed E-state index contributed by atoms with van der Waals surface area (Å²) in [6.07, 6.45) is 4.07. The molecule has 266 valence electrons. The Morgan fingerprint density at radius 2 is 1.49 bits per heavy atom. The van der Waals surface area contributed by atoms with E-state index in [-0.39, 0.29) is 30.6 Å². The van der Waals surface area contributed by atoms with Crippen molar-refractivity contribution >= 4 is 29.4 Å². The van der Waals surface area contributed by atoms with E-state index in [1.807, 2.05) is 81.4 Å². The average molecular weight is 693 g/mol. The maximum atomic E-state index is 14.1. The molecule has 0 saturated carbocycles. The van der Waals surface area contributed by atoms with Crippen LogP contribution in [0.1, 0.15) is 56.0 Å². The van der Waals surface area contributed by atoms with E-state index in [1.54, 1.807) is 23.7 Å². The standard InChI is InChI=1S/C37H52N6O5S/c1-37(2,3)42(4)35(45)41-33(17-18-43-19-21-47-22-20-43)34(44)39-30(23-28-11-7-5-8-12-28)15-16-31(24-29-13-9-6-10-14-29)40-36(46)48-26-32-25-38-27-49-32/h5-14,25,27,30-31,33H,15-24,26H2,1-4H3,(H,39,44)(H,40,46)(H,41,45)/t30-,31-,33+/m1/s1. The van der Waals surface area contributed by atoms with Crippen LogP contribution in [0, 0.1) is 0 Å². The van der Waals surface area contributed by atoms with Crippen molar-refractivity contribution in [3.63, 3.8) is 0 Å². The number of ether oxygens (including phenoxy) is 2. The molecule has 1 fully saturated rings. The van der Waals surface area contributed by atoms with E-state index in [4.69, 9.17) is 9.47 Å². The maximum Gasteiger partial charge on any atom is 0.407 e. The number of aromatic nitrogens is 1. The van der Waals surface area contributed by atoms with Crippen LogP contribution in [0.3, 0.4) is 0 Å². The Morgan fingerprint density at radius 1 is 0.898 bits per heavy atom. The van der Waals surface area contributed by atoms with E-state index in [9.17, 15) is 14.4 Å². The van der Waals surface area contributed by atoms with Crippen molar-refractivity contribution in [2.75, 3.05) is 39.9 Å². The Hall–Kier alpha value is -4.00. The number of amides is 4. The summed E-state index contributed by atoms with van der Waals surface area (Å²) in [5, 5.41) is 9.37. The Kier molecular flexibility index (Phi) is 14.9. The first-order valence-electron chi connectivity index (χ1n) is 17.1. The lowest BCUT2D eigenvalue weighted by atomic mass is 9.95. The molecule has 2 aromatic carbocycles. The largest absolute Gasteiger partial charge is 0.444 e. The predicted octanol–water partition coefficient (Wildman–Crippen LogP) is 5.02. The second-order valence-corrected chi connectivity index (χ2v) is 14.5. The van der Waals surface area contributed by atoms with Crippen molar-refractivity contribution in [2.24, 2.45) is 0 Å². The Labute approximate surface area is 294 Å². The van der Waals surface area contributed by atoms with Crippen LogP contribution in [0.2, 0.25) is 0 Å². The van der Waals surface area contributed by atoms with Crippen LogP contribution in [-0.2, 0) is 33.7 Å². The van der Waals surface area contributed by atoms with E-state index in [1.165, 1.54) is 11.3 Å². The van der Waals surface area contributed by atoms with Crippen molar-refractivity contribution < 1.29 is 23.9 Å². The molecule has 0 spiro atoms. The lowest BCUT2D eigenvalue weighted by molar-refractivity contribution is -0.124. The second-order valence-electron chi connectivity index (χ2n) is 13.5. The molecule has 3 aromatic rings. The summed E-state index contributed by atoms with van der Waals surface area (Å²) >= 11 is 1.43. The molecular formula is C37H52N6O5S. The molecule has 4 amide bonds. The van der Waals surface area contributed by atoms with Crippen molar-refractivity contribution in [3.8, 4) is 0 Å². The van der Waals surface area contributed by atoms with E-state index in [0.29, 0.717) is 51.9 Å². The number of urea groups is 1. The Balaban J connectivity index is 1.48. The van der Waals surface area contributed by atoms with E-state index in [2.05, 4.69) is 25.8 Å². The monoisotopic (exact) mass is 692 g/mol. The van der Waals surface area contributed by atoms with Gasteiger partial charge in [-0.1, -0.05) is 60.7 Å². The van der Waals surface area contributed by atoms with Crippen molar-refractivity contribution in [2.45, 2.75) is 83.1 Å². The minimum atomic E-state index is -0.724. The number of carbonyl (C=O) groups excluding carboxylic acids is 3. The smallest absolute Gasteiger partial charge is 0.407 e.